The highest BCUT2D eigenvalue weighted by Crippen LogP contribution is 2.23. The van der Waals surface area contributed by atoms with Crippen molar-refractivity contribution in [1.29, 1.82) is 0 Å². The molecule has 5 heteroatoms. The number of methoxy groups -OCH3 is 1. The number of rotatable bonds is 9. The summed E-state index contributed by atoms with van der Waals surface area (Å²) < 4.78 is 35.6. The van der Waals surface area contributed by atoms with Gasteiger partial charge in [0.25, 0.3) is 10.1 Å². The van der Waals surface area contributed by atoms with Gasteiger partial charge in [-0.3, -0.25) is 4.55 Å². The maximum atomic E-state index is 10.8. The Hall–Kier alpha value is -1.33. The maximum Gasteiger partial charge on any atom is 0.264 e. The summed E-state index contributed by atoms with van der Waals surface area (Å²) in [6.45, 7) is 6.48. The number of unbranched alkanes of at least 4 members (excludes halogenated alkanes) is 1. The van der Waals surface area contributed by atoms with E-state index in [0.717, 1.165) is 25.0 Å². The molecule has 0 saturated heterocycles. The summed E-state index contributed by atoms with van der Waals surface area (Å²) in [5.41, 5.74) is 1.35. The lowest BCUT2D eigenvalue weighted by molar-refractivity contribution is 0.414. The zero-order chi connectivity index (χ0) is 18.2. The molecule has 0 aliphatic heterocycles. The monoisotopic (exact) mass is 354 g/mol. The summed E-state index contributed by atoms with van der Waals surface area (Å²) in [6.07, 6.45) is 7.51. The molecule has 1 aromatic rings. The first-order chi connectivity index (χ1) is 11.1. The third kappa shape index (κ3) is 9.73. The fourth-order valence-corrected chi connectivity index (χ4v) is 3.02. The molecule has 0 aromatic heterocycles. The van der Waals surface area contributed by atoms with Crippen molar-refractivity contribution >= 4 is 10.1 Å². The van der Waals surface area contributed by atoms with Gasteiger partial charge in [-0.2, -0.15) is 8.42 Å². The second kappa shape index (κ2) is 9.23. The molecule has 1 rings (SSSR count). The fourth-order valence-electron chi connectivity index (χ4n) is 2.45. The summed E-state index contributed by atoms with van der Waals surface area (Å²) in [5.74, 6) is 1.03. The number of ether oxygens (including phenoxy) is 1. The molecule has 1 aromatic carbocycles. The van der Waals surface area contributed by atoms with E-state index in [9.17, 15) is 8.42 Å². The molecule has 0 spiro atoms. The van der Waals surface area contributed by atoms with Crippen molar-refractivity contribution in [2.24, 2.45) is 11.3 Å². The number of allylic oxidation sites excluding steroid dienone is 2. The minimum Gasteiger partial charge on any atom is -0.497 e. The van der Waals surface area contributed by atoms with Gasteiger partial charge in [-0.1, -0.05) is 51.5 Å². The molecule has 0 amide bonds. The molecule has 0 heterocycles. The zero-order valence-corrected chi connectivity index (χ0v) is 16.0. The lowest BCUT2D eigenvalue weighted by Gasteiger charge is -2.17. The smallest absolute Gasteiger partial charge is 0.264 e. The number of hydrogen-bond acceptors (Lipinski definition) is 3. The predicted molar refractivity (Wildman–Crippen MR) is 99.0 cm³/mol. The van der Waals surface area contributed by atoms with E-state index in [0.29, 0.717) is 12.3 Å². The van der Waals surface area contributed by atoms with Crippen LogP contribution in [0.1, 0.15) is 45.6 Å². The molecule has 0 bridgehead atoms. The van der Waals surface area contributed by atoms with Crippen LogP contribution < -0.4 is 4.74 Å². The topological polar surface area (TPSA) is 63.6 Å². The van der Waals surface area contributed by atoms with Crippen LogP contribution in [0.15, 0.2) is 36.4 Å². The highest BCUT2D eigenvalue weighted by Gasteiger charge is 2.11. The first-order valence-corrected chi connectivity index (χ1v) is 9.97. The lowest BCUT2D eigenvalue weighted by atomic mass is 9.89. The van der Waals surface area contributed by atoms with E-state index >= 15 is 0 Å². The quantitative estimate of drug-likeness (QED) is 0.402. The number of benzene rings is 1. The van der Waals surface area contributed by atoms with Gasteiger partial charge in [0.2, 0.25) is 0 Å². The van der Waals surface area contributed by atoms with Crippen LogP contribution in [-0.4, -0.2) is 25.8 Å². The van der Waals surface area contributed by atoms with E-state index in [1.165, 1.54) is 5.56 Å². The van der Waals surface area contributed by atoms with Gasteiger partial charge < -0.3 is 4.74 Å². The van der Waals surface area contributed by atoms with Gasteiger partial charge in [0, 0.05) is 0 Å². The van der Waals surface area contributed by atoms with Crippen molar-refractivity contribution in [2.45, 2.75) is 46.5 Å². The van der Waals surface area contributed by atoms with Crippen molar-refractivity contribution in [3.8, 4) is 5.75 Å². The second-order valence-corrected chi connectivity index (χ2v) is 8.89. The Labute approximate surface area is 146 Å². The molecule has 0 fully saturated rings. The van der Waals surface area contributed by atoms with Crippen LogP contribution in [0, 0.1) is 11.3 Å². The molecule has 0 aliphatic carbocycles. The summed E-state index contributed by atoms with van der Waals surface area (Å²) in [7, 11) is -2.20. The van der Waals surface area contributed by atoms with Gasteiger partial charge in [-0.25, -0.2) is 0 Å². The zero-order valence-electron chi connectivity index (χ0n) is 15.2. The first-order valence-electron chi connectivity index (χ1n) is 8.36. The predicted octanol–water partition coefficient (Wildman–Crippen LogP) is 4.51. The molecule has 1 atom stereocenters. The fraction of sp³-hybridized carbons (Fsp3) is 0.579. The highest BCUT2D eigenvalue weighted by molar-refractivity contribution is 7.85. The highest BCUT2D eigenvalue weighted by atomic mass is 32.2. The molecule has 0 saturated carbocycles. The van der Waals surface area contributed by atoms with Crippen LogP contribution in [0.5, 0.6) is 5.75 Å². The van der Waals surface area contributed by atoms with Crippen LogP contribution in [-0.2, 0) is 16.5 Å². The normalized spacial score (nSPS) is 14.0. The average molecular weight is 355 g/mol. The Morgan fingerprint density at radius 3 is 2.29 bits per heavy atom. The van der Waals surface area contributed by atoms with Gasteiger partial charge in [0.15, 0.2) is 0 Å². The van der Waals surface area contributed by atoms with Crippen LogP contribution in [0.4, 0.5) is 0 Å². The van der Waals surface area contributed by atoms with Crippen LogP contribution >= 0.6 is 0 Å². The molecular formula is C19H30O4S. The van der Waals surface area contributed by atoms with Gasteiger partial charge in [0.05, 0.1) is 12.9 Å². The Kier molecular flexibility index (Phi) is 7.97. The van der Waals surface area contributed by atoms with Gasteiger partial charge in [0.1, 0.15) is 5.75 Å². The molecule has 1 unspecified atom stereocenters. The van der Waals surface area contributed by atoms with Crippen LogP contribution in [0.2, 0.25) is 0 Å². The van der Waals surface area contributed by atoms with E-state index in [2.05, 4.69) is 45.1 Å². The first kappa shape index (κ1) is 20.7. The lowest BCUT2D eigenvalue weighted by Crippen LogP contribution is -2.07. The molecule has 0 radical (unpaired) electrons. The van der Waals surface area contributed by atoms with Crippen molar-refractivity contribution < 1.29 is 17.7 Å². The minimum atomic E-state index is -3.86. The van der Waals surface area contributed by atoms with Crippen molar-refractivity contribution in [1.82, 2.24) is 0 Å². The standard InChI is InChI=1S/C19H30O4S/c1-19(2,3)13-12-16(7-5-6-14-24(20,21)22)15-17-8-10-18(23-4)11-9-17/h8-13,16H,5-7,14-15H2,1-4H3,(H,20,21,22). The summed E-state index contributed by atoms with van der Waals surface area (Å²) in [5, 5.41) is 0. The largest absolute Gasteiger partial charge is 0.497 e. The summed E-state index contributed by atoms with van der Waals surface area (Å²) in [6, 6.07) is 8.04. The molecule has 24 heavy (non-hydrogen) atoms. The third-order valence-electron chi connectivity index (χ3n) is 3.75. The average Bonchev–Trinajstić information content (AvgIpc) is 2.47. The van der Waals surface area contributed by atoms with E-state index in [4.69, 9.17) is 9.29 Å². The SMILES string of the molecule is COc1ccc(CC(C=CC(C)(C)C)CCCCS(=O)(=O)O)cc1. The Morgan fingerprint density at radius 1 is 1.17 bits per heavy atom. The molecule has 0 aliphatic rings. The summed E-state index contributed by atoms with van der Waals surface area (Å²) in [4.78, 5) is 0. The van der Waals surface area contributed by atoms with Crippen LogP contribution in [0.25, 0.3) is 0 Å². The van der Waals surface area contributed by atoms with Crippen LogP contribution in [0.3, 0.4) is 0 Å². The van der Waals surface area contributed by atoms with E-state index in [-0.39, 0.29) is 11.2 Å². The Balaban J connectivity index is 2.67. The molecule has 4 nitrogen and oxygen atoms in total. The van der Waals surface area contributed by atoms with E-state index < -0.39 is 10.1 Å². The number of hydrogen-bond donors (Lipinski definition) is 1. The Morgan fingerprint density at radius 2 is 1.79 bits per heavy atom. The van der Waals surface area contributed by atoms with E-state index in [1.54, 1.807) is 7.11 Å². The molecule has 136 valence electrons. The second-order valence-electron chi connectivity index (χ2n) is 7.32. The van der Waals surface area contributed by atoms with Gasteiger partial charge in [-0.05, 0) is 48.3 Å². The van der Waals surface area contributed by atoms with Crippen molar-refractivity contribution in [3.63, 3.8) is 0 Å². The maximum absolute atomic E-state index is 10.8. The van der Waals surface area contributed by atoms with E-state index in [1.807, 2.05) is 12.1 Å². The summed E-state index contributed by atoms with van der Waals surface area (Å²) >= 11 is 0. The van der Waals surface area contributed by atoms with Crippen molar-refractivity contribution in [2.75, 3.05) is 12.9 Å². The van der Waals surface area contributed by atoms with Gasteiger partial charge in [-0.15, -0.1) is 0 Å². The van der Waals surface area contributed by atoms with Gasteiger partial charge >= 0.3 is 0 Å². The Bertz CT molecular complexity index is 610. The third-order valence-corrected chi connectivity index (χ3v) is 4.56. The van der Waals surface area contributed by atoms with Crippen molar-refractivity contribution in [3.05, 3.63) is 42.0 Å². The molecular weight excluding hydrogens is 324 g/mol. The minimum absolute atomic E-state index is 0.118. The molecule has 1 N–H and O–H groups in total.